The standard InChI is InChI=1S/C26H32N6OS/c1-4-24(25-28-29-30-32(25)20-8-5-6-9-20)31(16-21-10-7-11-34-21)15-19-14-22-18(3)12-17(2)13-23(22)27-26(19)33/h7,10-14,20,24H,4-6,8-9,15-16H2,1-3H3,(H,27,33)/t24-/m0/s1. The average Bonchev–Trinajstić information content (AvgIpc) is 3.58. The third kappa shape index (κ3) is 4.57. The average molecular weight is 477 g/mol. The quantitative estimate of drug-likeness (QED) is 0.365. The summed E-state index contributed by atoms with van der Waals surface area (Å²) >= 11 is 1.74. The van der Waals surface area contributed by atoms with E-state index >= 15 is 0 Å². The van der Waals surface area contributed by atoms with Crippen LogP contribution in [0.25, 0.3) is 10.9 Å². The molecule has 0 radical (unpaired) electrons. The molecule has 7 nitrogen and oxygen atoms in total. The van der Waals surface area contributed by atoms with Gasteiger partial charge in [-0.05, 0) is 78.2 Å². The van der Waals surface area contributed by atoms with Crippen molar-refractivity contribution in [2.75, 3.05) is 0 Å². The first kappa shape index (κ1) is 22.9. The van der Waals surface area contributed by atoms with E-state index in [4.69, 9.17) is 0 Å². The van der Waals surface area contributed by atoms with E-state index in [1.165, 1.54) is 23.3 Å². The van der Waals surface area contributed by atoms with Crippen LogP contribution in [0.1, 0.15) is 78.5 Å². The highest BCUT2D eigenvalue weighted by Gasteiger charge is 2.30. The lowest BCUT2D eigenvalue weighted by Crippen LogP contribution is -2.32. The topological polar surface area (TPSA) is 79.7 Å². The van der Waals surface area contributed by atoms with E-state index in [1.54, 1.807) is 11.3 Å². The van der Waals surface area contributed by atoms with Crippen molar-refractivity contribution in [1.82, 2.24) is 30.1 Å². The van der Waals surface area contributed by atoms with Crippen LogP contribution in [0.3, 0.4) is 0 Å². The number of nitrogens with one attached hydrogen (secondary N) is 1. The van der Waals surface area contributed by atoms with Crippen molar-refractivity contribution in [3.63, 3.8) is 0 Å². The van der Waals surface area contributed by atoms with E-state index in [0.717, 1.165) is 53.7 Å². The summed E-state index contributed by atoms with van der Waals surface area (Å²) in [6.07, 6.45) is 5.57. The second-order valence-electron chi connectivity index (χ2n) is 9.50. The van der Waals surface area contributed by atoms with Gasteiger partial charge in [-0.1, -0.05) is 31.9 Å². The summed E-state index contributed by atoms with van der Waals surface area (Å²) in [5, 5.41) is 16.2. The van der Waals surface area contributed by atoms with Gasteiger partial charge in [0.05, 0.1) is 12.1 Å². The van der Waals surface area contributed by atoms with Crippen LogP contribution in [-0.2, 0) is 13.1 Å². The van der Waals surface area contributed by atoms with Crippen molar-refractivity contribution >= 4 is 22.2 Å². The first-order chi connectivity index (χ1) is 16.5. The lowest BCUT2D eigenvalue weighted by atomic mass is 10.0. The van der Waals surface area contributed by atoms with Crippen molar-refractivity contribution in [1.29, 1.82) is 0 Å². The number of tetrazole rings is 1. The summed E-state index contributed by atoms with van der Waals surface area (Å²) in [6, 6.07) is 10.9. The maximum Gasteiger partial charge on any atom is 0.252 e. The van der Waals surface area contributed by atoms with Crippen LogP contribution in [0.4, 0.5) is 0 Å². The molecular formula is C26H32N6OS. The molecule has 4 aromatic rings. The van der Waals surface area contributed by atoms with Crippen molar-refractivity contribution in [3.8, 4) is 0 Å². The van der Waals surface area contributed by atoms with Gasteiger partial charge in [0, 0.05) is 34.4 Å². The number of hydrogen-bond acceptors (Lipinski definition) is 6. The van der Waals surface area contributed by atoms with Gasteiger partial charge < -0.3 is 4.98 Å². The molecule has 0 saturated heterocycles. The Morgan fingerprint density at radius 1 is 1.21 bits per heavy atom. The Bertz CT molecular complexity index is 1320. The smallest absolute Gasteiger partial charge is 0.252 e. The Labute approximate surface area is 203 Å². The molecule has 0 spiro atoms. The maximum atomic E-state index is 13.1. The number of aromatic nitrogens is 5. The zero-order chi connectivity index (χ0) is 23.7. The van der Waals surface area contributed by atoms with E-state index in [1.807, 2.05) is 6.07 Å². The summed E-state index contributed by atoms with van der Waals surface area (Å²) in [7, 11) is 0. The number of pyridine rings is 1. The fraction of sp³-hybridized carbons (Fsp3) is 0.462. The molecule has 0 aliphatic heterocycles. The van der Waals surface area contributed by atoms with Gasteiger partial charge in [0.2, 0.25) is 0 Å². The van der Waals surface area contributed by atoms with Crippen LogP contribution in [0.15, 0.2) is 40.5 Å². The molecule has 1 fully saturated rings. The zero-order valence-electron chi connectivity index (χ0n) is 20.1. The van der Waals surface area contributed by atoms with Gasteiger partial charge in [0.1, 0.15) is 0 Å². The Kier molecular flexibility index (Phi) is 6.61. The van der Waals surface area contributed by atoms with E-state index < -0.39 is 0 Å². The van der Waals surface area contributed by atoms with E-state index in [-0.39, 0.29) is 11.6 Å². The summed E-state index contributed by atoms with van der Waals surface area (Å²) < 4.78 is 2.06. The zero-order valence-corrected chi connectivity index (χ0v) is 20.9. The first-order valence-corrected chi connectivity index (χ1v) is 13.1. The molecule has 1 atom stereocenters. The number of hydrogen-bond donors (Lipinski definition) is 1. The minimum Gasteiger partial charge on any atom is -0.322 e. The first-order valence-electron chi connectivity index (χ1n) is 12.2. The second kappa shape index (κ2) is 9.80. The molecule has 0 bridgehead atoms. The fourth-order valence-electron chi connectivity index (χ4n) is 5.36. The number of aryl methyl sites for hydroxylation is 2. The predicted molar refractivity (Wildman–Crippen MR) is 136 cm³/mol. The number of rotatable bonds is 8. The van der Waals surface area contributed by atoms with Crippen LogP contribution in [0.5, 0.6) is 0 Å². The van der Waals surface area contributed by atoms with Gasteiger partial charge in [-0.2, -0.15) is 0 Å². The van der Waals surface area contributed by atoms with Gasteiger partial charge in [-0.3, -0.25) is 9.69 Å². The normalized spacial score (nSPS) is 15.5. The SMILES string of the molecule is CC[C@@H](c1nnnn1C1CCCC1)N(Cc1cccs1)Cc1cc2c(C)cc(C)cc2[nH]c1=O. The molecule has 1 N–H and O–H groups in total. The Morgan fingerprint density at radius 2 is 2.03 bits per heavy atom. The summed E-state index contributed by atoms with van der Waals surface area (Å²) in [4.78, 5) is 19.9. The second-order valence-corrected chi connectivity index (χ2v) is 10.5. The van der Waals surface area contributed by atoms with Gasteiger partial charge >= 0.3 is 0 Å². The third-order valence-corrected chi connectivity index (χ3v) is 7.88. The number of benzene rings is 1. The Hall–Kier alpha value is -2.84. The van der Waals surface area contributed by atoms with Crippen LogP contribution in [-0.4, -0.2) is 30.1 Å². The summed E-state index contributed by atoms with van der Waals surface area (Å²) in [6.45, 7) is 7.62. The monoisotopic (exact) mass is 476 g/mol. The van der Waals surface area contributed by atoms with Crippen molar-refractivity contribution in [2.24, 2.45) is 0 Å². The Balaban J connectivity index is 1.53. The molecular weight excluding hydrogens is 444 g/mol. The molecule has 3 heterocycles. The van der Waals surface area contributed by atoms with Crippen LogP contribution >= 0.6 is 11.3 Å². The van der Waals surface area contributed by atoms with Crippen molar-refractivity contribution < 1.29 is 0 Å². The highest BCUT2D eigenvalue weighted by atomic mass is 32.1. The van der Waals surface area contributed by atoms with Gasteiger partial charge in [0.15, 0.2) is 5.82 Å². The molecule has 1 aliphatic carbocycles. The Morgan fingerprint density at radius 3 is 2.76 bits per heavy atom. The van der Waals surface area contributed by atoms with Gasteiger partial charge in [-0.25, -0.2) is 4.68 Å². The third-order valence-electron chi connectivity index (χ3n) is 7.02. The van der Waals surface area contributed by atoms with E-state index in [0.29, 0.717) is 12.6 Å². The molecule has 5 rings (SSSR count). The largest absolute Gasteiger partial charge is 0.322 e. The highest BCUT2D eigenvalue weighted by Crippen LogP contribution is 2.34. The maximum absolute atomic E-state index is 13.1. The van der Waals surface area contributed by atoms with Gasteiger partial charge in [0.25, 0.3) is 5.56 Å². The van der Waals surface area contributed by atoms with Crippen molar-refractivity contribution in [3.05, 3.63) is 73.5 Å². The molecule has 1 aliphatic rings. The predicted octanol–water partition coefficient (Wildman–Crippen LogP) is 5.46. The van der Waals surface area contributed by atoms with Crippen LogP contribution < -0.4 is 5.56 Å². The van der Waals surface area contributed by atoms with Crippen LogP contribution in [0, 0.1) is 13.8 Å². The number of nitrogens with zero attached hydrogens (tertiary/aromatic N) is 5. The number of aromatic amines is 1. The fourth-order valence-corrected chi connectivity index (χ4v) is 6.09. The molecule has 1 saturated carbocycles. The van der Waals surface area contributed by atoms with E-state index in [2.05, 4.69) is 80.5 Å². The minimum atomic E-state index is -0.0288. The number of thiophene rings is 1. The highest BCUT2D eigenvalue weighted by molar-refractivity contribution is 7.09. The lowest BCUT2D eigenvalue weighted by Gasteiger charge is -2.30. The molecule has 8 heteroatoms. The minimum absolute atomic E-state index is 0.0203. The molecule has 0 amide bonds. The summed E-state index contributed by atoms with van der Waals surface area (Å²) in [5.74, 6) is 0.912. The van der Waals surface area contributed by atoms with Gasteiger partial charge in [-0.15, -0.1) is 16.4 Å². The molecule has 3 aromatic heterocycles. The molecule has 178 valence electrons. The van der Waals surface area contributed by atoms with Crippen LogP contribution in [0.2, 0.25) is 0 Å². The number of H-pyrrole nitrogens is 1. The summed E-state index contributed by atoms with van der Waals surface area (Å²) in [5.41, 5.74) is 3.97. The molecule has 34 heavy (non-hydrogen) atoms. The van der Waals surface area contributed by atoms with E-state index in [9.17, 15) is 4.79 Å². The lowest BCUT2D eigenvalue weighted by molar-refractivity contribution is 0.159. The molecule has 0 unspecified atom stereocenters. The molecule has 1 aromatic carbocycles. The van der Waals surface area contributed by atoms with Crippen molar-refractivity contribution in [2.45, 2.75) is 78.0 Å². The number of fused-ring (bicyclic) bond motifs is 1.